The summed E-state index contributed by atoms with van der Waals surface area (Å²) in [7, 11) is 0. The van der Waals surface area contributed by atoms with Gasteiger partial charge in [0.2, 0.25) is 0 Å². The molecule has 0 amide bonds. The Labute approximate surface area is 86.3 Å². The molecule has 0 radical (unpaired) electrons. The molecule has 0 unspecified atom stereocenters. The van der Waals surface area contributed by atoms with Crippen molar-refractivity contribution in [2.45, 2.75) is 13.1 Å². The van der Waals surface area contributed by atoms with Gasteiger partial charge in [0.1, 0.15) is 0 Å². The van der Waals surface area contributed by atoms with Crippen LogP contribution in [0, 0.1) is 11.8 Å². The van der Waals surface area contributed by atoms with Gasteiger partial charge in [-0.3, -0.25) is 0 Å². The van der Waals surface area contributed by atoms with Crippen molar-refractivity contribution < 1.29 is 13.2 Å². The lowest BCUT2D eigenvalue weighted by atomic mass is 10.2. The zero-order valence-corrected chi connectivity index (χ0v) is 8.15. The first-order chi connectivity index (χ1) is 7.04. The van der Waals surface area contributed by atoms with Gasteiger partial charge in [0, 0.05) is 5.69 Å². The minimum Gasteiger partial charge on any atom is -0.374 e. The van der Waals surface area contributed by atoms with Gasteiger partial charge < -0.3 is 5.32 Å². The highest BCUT2D eigenvalue weighted by Gasteiger charge is 2.29. The van der Waals surface area contributed by atoms with E-state index < -0.39 is 11.7 Å². The minimum atomic E-state index is -4.28. The predicted molar refractivity (Wildman–Crippen MR) is 53.4 cm³/mol. The van der Waals surface area contributed by atoms with E-state index in [0.29, 0.717) is 12.2 Å². The van der Waals surface area contributed by atoms with E-state index in [1.807, 2.05) is 0 Å². The van der Waals surface area contributed by atoms with E-state index in [1.54, 1.807) is 6.92 Å². The number of benzene rings is 1. The second kappa shape index (κ2) is 4.74. The fourth-order valence-corrected chi connectivity index (χ4v) is 1.01. The normalized spacial score (nSPS) is 10.4. The summed E-state index contributed by atoms with van der Waals surface area (Å²) < 4.78 is 36.6. The van der Waals surface area contributed by atoms with E-state index in [2.05, 4.69) is 17.2 Å². The number of anilines is 1. The van der Waals surface area contributed by atoms with Crippen molar-refractivity contribution in [3.05, 3.63) is 29.8 Å². The van der Waals surface area contributed by atoms with Crippen LogP contribution in [0.3, 0.4) is 0 Å². The number of hydrogen-bond donors (Lipinski definition) is 1. The van der Waals surface area contributed by atoms with E-state index in [9.17, 15) is 13.2 Å². The molecule has 4 heteroatoms. The Balaban J connectivity index is 2.67. The maximum absolute atomic E-state index is 12.2. The van der Waals surface area contributed by atoms with Gasteiger partial charge in [-0.05, 0) is 31.2 Å². The van der Waals surface area contributed by atoms with Crippen molar-refractivity contribution in [3.63, 3.8) is 0 Å². The Kier molecular flexibility index (Phi) is 3.62. The topological polar surface area (TPSA) is 12.0 Å². The Morgan fingerprint density at radius 1 is 1.20 bits per heavy atom. The van der Waals surface area contributed by atoms with Crippen LogP contribution in [0.25, 0.3) is 0 Å². The highest BCUT2D eigenvalue weighted by Crippen LogP contribution is 2.29. The molecule has 1 nitrogen and oxygen atoms in total. The lowest BCUT2D eigenvalue weighted by molar-refractivity contribution is -0.137. The summed E-state index contributed by atoms with van der Waals surface area (Å²) in [6.07, 6.45) is -4.28. The van der Waals surface area contributed by atoms with Crippen LogP contribution in [0.2, 0.25) is 0 Å². The van der Waals surface area contributed by atoms with Crippen LogP contribution in [-0.2, 0) is 6.18 Å². The minimum absolute atomic E-state index is 0.432. The van der Waals surface area contributed by atoms with Gasteiger partial charge in [0.25, 0.3) is 0 Å². The first kappa shape index (κ1) is 11.4. The highest BCUT2D eigenvalue weighted by molar-refractivity contribution is 5.46. The second-order valence-corrected chi connectivity index (χ2v) is 2.86. The maximum atomic E-state index is 12.2. The van der Waals surface area contributed by atoms with Crippen molar-refractivity contribution in [3.8, 4) is 11.8 Å². The number of hydrogen-bond acceptors (Lipinski definition) is 1. The molecule has 1 aromatic carbocycles. The summed E-state index contributed by atoms with van der Waals surface area (Å²) in [6.45, 7) is 2.14. The Hall–Kier alpha value is -1.63. The first-order valence-corrected chi connectivity index (χ1v) is 4.35. The van der Waals surface area contributed by atoms with Crippen molar-refractivity contribution in [1.29, 1.82) is 0 Å². The van der Waals surface area contributed by atoms with Gasteiger partial charge in [-0.25, -0.2) is 0 Å². The van der Waals surface area contributed by atoms with Gasteiger partial charge >= 0.3 is 6.18 Å². The SMILES string of the molecule is CC#CCNc1ccc(C(F)(F)F)cc1. The largest absolute Gasteiger partial charge is 0.416 e. The van der Waals surface area contributed by atoms with Crippen LogP contribution in [0.4, 0.5) is 18.9 Å². The Bertz CT molecular complexity index is 368. The van der Waals surface area contributed by atoms with Gasteiger partial charge in [0.05, 0.1) is 12.1 Å². The van der Waals surface area contributed by atoms with E-state index in [1.165, 1.54) is 12.1 Å². The lowest BCUT2D eigenvalue weighted by Gasteiger charge is -2.07. The van der Waals surface area contributed by atoms with Crippen LogP contribution < -0.4 is 5.32 Å². The molecule has 0 aromatic heterocycles. The van der Waals surface area contributed by atoms with Crippen molar-refractivity contribution in [2.75, 3.05) is 11.9 Å². The molecule has 15 heavy (non-hydrogen) atoms. The molecule has 0 atom stereocenters. The zero-order valence-electron chi connectivity index (χ0n) is 8.15. The average molecular weight is 213 g/mol. The highest BCUT2D eigenvalue weighted by atomic mass is 19.4. The maximum Gasteiger partial charge on any atom is 0.416 e. The summed E-state index contributed by atoms with van der Waals surface area (Å²) in [4.78, 5) is 0. The van der Waals surface area contributed by atoms with Crippen LogP contribution in [0.1, 0.15) is 12.5 Å². The molecule has 0 aliphatic carbocycles. The van der Waals surface area contributed by atoms with Gasteiger partial charge in [-0.2, -0.15) is 13.2 Å². The zero-order chi connectivity index (χ0) is 11.3. The van der Waals surface area contributed by atoms with E-state index in [0.717, 1.165) is 12.1 Å². The van der Waals surface area contributed by atoms with E-state index in [4.69, 9.17) is 0 Å². The Morgan fingerprint density at radius 3 is 2.27 bits per heavy atom. The Morgan fingerprint density at radius 2 is 1.80 bits per heavy atom. The molecule has 0 aliphatic rings. The number of nitrogens with one attached hydrogen (secondary N) is 1. The molecule has 0 fully saturated rings. The van der Waals surface area contributed by atoms with Gasteiger partial charge in [0.15, 0.2) is 0 Å². The average Bonchev–Trinajstić information content (AvgIpc) is 2.18. The summed E-state index contributed by atoms with van der Waals surface area (Å²) >= 11 is 0. The summed E-state index contributed by atoms with van der Waals surface area (Å²) in [5, 5.41) is 2.88. The molecule has 0 bridgehead atoms. The predicted octanol–water partition coefficient (Wildman–Crippen LogP) is 3.14. The molecular weight excluding hydrogens is 203 g/mol. The summed E-state index contributed by atoms with van der Waals surface area (Å²) in [5.74, 6) is 5.44. The van der Waals surface area contributed by atoms with Crippen molar-refractivity contribution >= 4 is 5.69 Å². The number of halogens is 3. The third-order valence-electron chi connectivity index (χ3n) is 1.77. The summed E-state index contributed by atoms with van der Waals surface area (Å²) in [6, 6.07) is 4.86. The quantitative estimate of drug-likeness (QED) is 0.744. The fraction of sp³-hybridized carbons (Fsp3) is 0.273. The van der Waals surface area contributed by atoms with E-state index >= 15 is 0 Å². The third kappa shape index (κ3) is 3.55. The van der Waals surface area contributed by atoms with Gasteiger partial charge in [-0.1, -0.05) is 5.92 Å². The second-order valence-electron chi connectivity index (χ2n) is 2.86. The van der Waals surface area contributed by atoms with Crippen molar-refractivity contribution in [1.82, 2.24) is 0 Å². The standard InChI is InChI=1S/C11H10F3N/c1-2-3-8-15-10-6-4-9(5-7-10)11(12,13)14/h4-7,15H,8H2,1H3. The van der Waals surface area contributed by atoms with Crippen LogP contribution in [0.15, 0.2) is 24.3 Å². The lowest BCUT2D eigenvalue weighted by Crippen LogP contribution is -2.05. The van der Waals surface area contributed by atoms with Crippen molar-refractivity contribution in [2.24, 2.45) is 0 Å². The smallest absolute Gasteiger partial charge is 0.374 e. The molecule has 0 saturated carbocycles. The molecule has 0 heterocycles. The fourth-order valence-electron chi connectivity index (χ4n) is 1.01. The third-order valence-corrected chi connectivity index (χ3v) is 1.77. The molecular formula is C11H10F3N. The van der Waals surface area contributed by atoms with E-state index in [-0.39, 0.29) is 0 Å². The van der Waals surface area contributed by atoms with Crippen LogP contribution in [0.5, 0.6) is 0 Å². The molecule has 0 spiro atoms. The number of alkyl halides is 3. The summed E-state index contributed by atoms with van der Waals surface area (Å²) in [5.41, 5.74) is -0.0135. The molecule has 1 rings (SSSR count). The molecule has 0 saturated heterocycles. The number of rotatable bonds is 2. The monoisotopic (exact) mass is 213 g/mol. The molecule has 80 valence electrons. The first-order valence-electron chi connectivity index (χ1n) is 4.35. The molecule has 1 aromatic rings. The van der Waals surface area contributed by atoms with Crippen LogP contribution >= 0.6 is 0 Å². The molecule has 0 aliphatic heterocycles. The molecule has 1 N–H and O–H groups in total. The van der Waals surface area contributed by atoms with Crippen LogP contribution in [-0.4, -0.2) is 6.54 Å². The van der Waals surface area contributed by atoms with Gasteiger partial charge in [-0.15, -0.1) is 5.92 Å².